The lowest BCUT2D eigenvalue weighted by Gasteiger charge is -2.66. The van der Waals surface area contributed by atoms with Crippen molar-refractivity contribution in [3.05, 3.63) is 71.9 Å². The van der Waals surface area contributed by atoms with Crippen molar-refractivity contribution in [1.29, 1.82) is 5.26 Å². The van der Waals surface area contributed by atoms with Crippen molar-refractivity contribution in [1.82, 2.24) is 4.98 Å². The molecule has 2 aromatic rings. The van der Waals surface area contributed by atoms with Crippen molar-refractivity contribution in [2.24, 2.45) is 44.7 Å². The predicted octanol–water partition coefficient (Wildman–Crippen LogP) is 6.04. The summed E-state index contributed by atoms with van der Waals surface area (Å²) in [6.07, 6.45) is 10.0. The van der Waals surface area contributed by atoms with E-state index in [2.05, 4.69) is 18.0 Å². The largest absolute Gasteiger partial charge is 0.457 e. The predicted molar refractivity (Wildman–Crippen MR) is 169 cm³/mol. The number of aliphatic hydroxyl groups excluding tert-OH is 1. The number of furan rings is 1. The Morgan fingerprint density at radius 1 is 1.30 bits per heavy atom. The van der Waals surface area contributed by atoms with Gasteiger partial charge in [0.05, 0.1) is 41.8 Å². The first-order chi connectivity index (χ1) is 22.0. The van der Waals surface area contributed by atoms with Crippen molar-refractivity contribution in [3.8, 4) is 6.07 Å². The molecule has 9 nitrogen and oxygen atoms in total. The minimum absolute atomic E-state index is 0.0133. The van der Waals surface area contributed by atoms with Crippen molar-refractivity contribution in [3.63, 3.8) is 0 Å². The van der Waals surface area contributed by atoms with Crippen LogP contribution in [0.3, 0.4) is 0 Å². The van der Waals surface area contributed by atoms with E-state index < -0.39 is 34.5 Å². The zero-order valence-electron chi connectivity index (χ0n) is 25.9. The Bertz CT molecular complexity index is 1720. The summed E-state index contributed by atoms with van der Waals surface area (Å²) in [5.41, 5.74) is 6.34. The summed E-state index contributed by atoms with van der Waals surface area (Å²) in [4.78, 5) is 36.2. The zero-order chi connectivity index (χ0) is 32.5. The minimum atomic E-state index is -1.52. The average Bonchev–Trinajstić information content (AvgIpc) is 3.52. The van der Waals surface area contributed by atoms with Crippen LogP contribution in [-0.4, -0.2) is 44.3 Å². The maximum absolute atomic E-state index is 14.2. The van der Waals surface area contributed by atoms with Crippen LogP contribution in [0.4, 0.5) is 10.1 Å². The molecule has 4 saturated carbocycles. The van der Waals surface area contributed by atoms with Crippen LogP contribution in [0.5, 0.6) is 0 Å². The van der Waals surface area contributed by atoms with Gasteiger partial charge >= 0.3 is 5.97 Å². The molecule has 5 aliphatic carbocycles. The third-order valence-electron chi connectivity index (χ3n) is 12.2. The van der Waals surface area contributed by atoms with E-state index >= 15 is 0 Å². The first-order valence-electron chi connectivity index (χ1n) is 15.8. The fraction of sp³-hybridized carbons (Fsp3) is 0.514. The van der Waals surface area contributed by atoms with Crippen LogP contribution in [0, 0.1) is 51.3 Å². The van der Waals surface area contributed by atoms with Gasteiger partial charge in [-0.3, -0.25) is 4.79 Å². The number of aliphatic imine (C=N–C) groups is 1. The summed E-state index contributed by atoms with van der Waals surface area (Å²) in [6.45, 7) is 4.24. The van der Waals surface area contributed by atoms with Gasteiger partial charge in [0.2, 0.25) is 16.8 Å². The van der Waals surface area contributed by atoms with E-state index in [1.165, 1.54) is 30.2 Å². The molecule has 46 heavy (non-hydrogen) atoms. The van der Waals surface area contributed by atoms with Gasteiger partial charge in [-0.2, -0.15) is 9.65 Å². The molecule has 2 aromatic heterocycles. The number of esters is 1. The van der Waals surface area contributed by atoms with Crippen molar-refractivity contribution in [2.75, 3.05) is 5.75 Å². The van der Waals surface area contributed by atoms with Gasteiger partial charge in [-0.1, -0.05) is 31.2 Å². The Balaban J connectivity index is 1.28. The zero-order valence-corrected chi connectivity index (χ0v) is 26.7. The number of carbonyl (C=O) groups is 2. The summed E-state index contributed by atoms with van der Waals surface area (Å²) in [5.74, 6) is -1.03. The standard InChI is InChI=1S/C35H37FN4O5S/c1-32-15-20(18-38)25(40-23-6-8-28(36)39-19-23)14-21(32)5-7-24-29(32)26(41)17-33(2)34(24)16-22(34)9-10-35(33,31(43)46-13-11-37)45-30(42)27-4-3-12-44-27/h3-4,6,8,12,14,18-19,22,24,26,29,41H,5,7,9-10,13,15-17,38H2,1-2H3. The number of rotatable bonds is 5. The van der Waals surface area contributed by atoms with Crippen LogP contribution in [0.15, 0.2) is 69.6 Å². The van der Waals surface area contributed by atoms with E-state index in [1.807, 2.05) is 13.0 Å². The number of pyridine rings is 1. The number of nitrogens with zero attached hydrogens (tertiary/aromatic N) is 3. The average molecular weight is 645 g/mol. The quantitative estimate of drug-likeness (QED) is 0.293. The molecule has 7 rings (SSSR count). The molecule has 11 heteroatoms. The van der Waals surface area contributed by atoms with Crippen molar-refractivity contribution in [2.45, 2.75) is 70.5 Å². The molecule has 8 atom stereocenters. The second-order valence-electron chi connectivity index (χ2n) is 14.0. The van der Waals surface area contributed by atoms with Gasteiger partial charge < -0.3 is 20.0 Å². The summed E-state index contributed by atoms with van der Waals surface area (Å²) < 4.78 is 25.1. The molecule has 2 heterocycles. The Kier molecular flexibility index (Phi) is 7.33. The summed E-state index contributed by atoms with van der Waals surface area (Å²) >= 11 is 0.887. The van der Waals surface area contributed by atoms with Gasteiger partial charge in [0.1, 0.15) is 0 Å². The number of ether oxygens (including phenoxy) is 1. The summed E-state index contributed by atoms with van der Waals surface area (Å²) in [5, 5.41) is 21.3. The normalized spacial score (nSPS) is 39.2. The molecule has 0 amide bonds. The maximum Gasteiger partial charge on any atom is 0.375 e. The van der Waals surface area contributed by atoms with Gasteiger partial charge in [-0.15, -0.1) is 0 Å². The van der Waals surface area contributed by atoms with Gasteiger partial charge in [0.15, 0.2) is 5.60 Å². The number of aliphatic hydroxyl groups is 1. The molecule has 1 spiro atoms. The Labute approximate surface area is 271 Å². The fourth-order valence-electron chi connectivity index (χ4n) is 10.3. The van der Waals surface area contributed by atoms with E-state index in [9.17, 15) is 24.3 Å². The Hall–Kier alpha value is -3.75. The number of allylic oxidation sites excluding steroid dienone is 3. The first-order valence-corrected chi connectivity index (χ1v) is 16.8. The molecule has 0 radical (unpaired) electrons. The molecular formula is C35H37FN4O5S. The molecule has 8 unspecified atom stereocenters. The fourth-order valence-corrected chi connectivity index (χ4v) is 11.1. The van der Waals surface area contributed by atoms with E-state index in [0.717, 1.165) is 43.0 Å². The van der Waals surface area contributed by atoms with Gasteiger partial charge in [0.25, 0.3) is 0 Å². The number of carbonyl (C=O) groups excluding carboxylic acids is 2. The topological polar surface area (TPSA) is 152 Å². The number of hydrogen-bond acceptors (Lipinski definition) is 10. The number of aromatic nitrogens is 1. The lowest BCUT2D eigenvalue weighted by atomic mass is 9.40. The minimum Gasteiger partial charge on any atom is -0.457 e. The molecule has 0 saturated heterocycles. The molecule has 4 fully saturated rings. The summed E-state index contributed by atoms with van der Waals surface area (Å²) in [7, 11) is 0. The van der Waals surface area contributed by atoms with Gasteiger partial charge in [-0.05, 0) is 116 Å². The number of thioether (sulfide) groups is 1. The van der Waals surface area contributed by atoms with Crippen LogP contribution < -0.4 is 5.73 Å². The number of nitriles is 1. The highest BCUT2D eigenvalue weighted by molar-refractivity contribution is 8.14. The Morgan fingerprint density at radius 3 is 2.83 bits per heavy atom. The molecule has 0 bridgehead atoms. The number of fused-ring (bicyclic) bond motifs is 3. The first kappa shape index (κ1) is 30.9. The lowest BCUT2D eigenvalue weighted by molar-refractivity contribution is -0.223. The monoisotopic (exact) mass is 644 g/mol. The van der Waals surface area contributed by atoms with Crippen LogP contribution in [0.2, 0.25) is 0 Å². The second-order valence-corrected chi connectivity index (χ2v) is 14.9. The van der Waals surface area contributed by atoms with E-state index in [4.69, 9.17) is 19.9 Å². The van der Waals surface area contributed by atoms with E-state index in [-0.39, 0.29) is 40.3 Å². The second kappa shape index (κ2) is 10.9. The smallest absolute Gasteiger partial charge is 0.375 e. The van der Waals surface area contributed by atoms with E-state index in [0.29, 0.717) is 30.2 Å². The SMILES string of the molecule is CC12CC(=CN)C(=Nc3ccc(F)nc3)C=C1CCC1C2C(O)CC2(C)C(OC(=O)c3ccco3)(C(=O)SCC#N)CCC3CC312. The highest BCUT2D eigenvalue weighted by atomic mass is 32.2. The maximum atomic E-state index is 14.2. The number of halogens is 1. The molecule has 3 N–H and O–H groups in total. The molecule has 0 aliphatic heterocycles. The van der Waals surface area contributed by atoms with Crippen molar-refractivity contribution < 1.29 is 28.2 Å². The van der Waals surface area contributed by atoms with Gasteiger partial charge in [-0.25, -0.2) is 14.8 Å². The number of hydrogen-bond donors (Lipinski definition) is 2. The van der Waals surface area contributed by atoms with Crippen molar-refractivity contribution >= 4 is 34.2 Å². The highest BCUT2D eigenvalue weighted by Gasteiger charge is 2.82. The third-order valence-corrected chi connectivity index (χ3v) is 13.0. The Morgan fingerprint density at radius 2 is 2.13 bits per heavy atom. The van der Waals surface area contributed by atoms with Crippen LogP contribution in [0.25, 0.3) is 0 Å². The summed E-state index contributed by atoms with van der Waals surface area (Å²) in [6, 6.07) is 8.01. The molecular weight excluding hydrogens is 607 g/mol. The lowest BCUT2D eigenvalue weighted by Crippen LogP contribution is -2.69. The number of nitrogens with two attached hydrogens (primary N) is 1. The highest BCUT2D eigenvalue weighted by Crippen LogP contribution is 2.83. The third kappa shape index (κ3) is 4.29. The van der Waals surface area contributed by atoms with Crippen LogP contribution in [0.1, 0.15) is 69.3 Å². The van der Waals surface area contributed by atoms with Crippen LogP contribution >= 0.6 is 11.8 Å². The molecule has 240 valence electrons. The molecule has 5 aliphatic rings. The van der Waals surface area contributed by atoms with Gasteiger partial charge in [0, 0.05) is 5.41 Å². The van der Waals surface area contributed by atoms with Crippen LogP contribution in [-0.2, 0) is 9.53 Å². The molecule has 0 aromatic carbocycles. The van der Waals surface area contributed by atoms with E-state index in [1.54, 1.807) is 18.3 Å².